The third kappa shape index (κ3) is 4.94. The number of Topliss-reactive ketones (excluding diaryl/α,β-unsaturated/α-hetero) is 1. The molecule has 0 aliphatic carbocycles. The molecule has 4 aromatic rings. The van der Waals surface area contributed by atoms with Crippen molar-refractivity contribution in [2.45, 2.75) is 38.6 Å². The average molecular weight is 533 g/mol. The zero-order valence-electron chi connectivity index (χ0n) is 22.0. The van der Waals surface area contributed by atoms with Gasteiger partial charge in [-0.2, -0.15) is 0 Å². The van der Waals surface area contributed by atoms with Gasteiger partial charge in [-0.15, -0.1) is 0 Å². The molecular formula is C33H28N2O5. The van der Waals surface area contributed by atoms with Crippen molar-refractivity contribution < 1.29 is 24.2 Å². The lowest BCUT2D eigenvalue weighted by Gasteiger charge is -2.25. The molecule has 7 heteroatoms. The topological polar surface area (TPSA) is 89.0 Å². The number of pyridine rings is 1. The number of rotatable bonds is 7. The van der Waals surface area contributed by atoms with Crippen LogP contribution in [0.5, 0.6) is 11.5 Å². The van der Waals surface area contributed by atoms with E-state index in [-0.39, 0.29) is 24.0 Å². The molecule has 1 N–H and O–H groups in total. The van der Waals surface area contributed by atoms with Crippen molar-refractivity contribution in [1.82, 2.24) is 9.88 Å². The Balaban J connectivity index is 1.41. The van der Waals surface area contributed by atoms with E-state index in [4.69, 9.17) is 9.47 Å². The van der Waals surface area contributed by atoms with E-state index in [1.165, 1.54) is 4.90 Å². The van der Waals surface area contributed by atoms with E-state index in [2.05, 4.69) is 4.98 Å². The molecule has 2 aliphatic rings. The van der Waals surface area contributed by atoms with Crippen molar-refractivity contribution in [1.29, 1.82) is 0 Å². The van der Waals surface area contributed by atoms with Crippen molar-refractivity contribution in [2.75, 3.05) is 0 Å². The molecule has 0 bridgehead atoms. The number of ether oxygens (including phenoxy) is 2. The molecule has 0 saturated carbocycles. The molecule has 3 aromatic carbocycles. The molecule has 2 aliphatic heterocycles. The van der Waals surface area contributed by atoms with Crippen LogP contribution in [0.2, 0.25) is 0 Å². The van der Waals surface area contributed by atoms with E-state index in [1.807, 2.05) is 73.7 Å². The number of hydrogen-bond donors (Lipinski definition) is 1. The number of carbonyl (C=O) groups excluding carboxylic acids is 2. The number of carbonyl (C=O) groups is 2. The Hall–Kier alpha value is -4.91. The fourth-order valence-corrected chi connectivity index (χ4v) is 5.32. The van der Waals surface area contributed by atoms with E-state index < -0.39 is 17.7 Å². The fourth-order valence-electron chi connectivity index (χ4n) is 5.32. The lowest BCUT2D eigenvalue weighted by molar-refractivity contribution is -0.140. The molecule has 0 radical (unpaired) electrons. The lowest BCUT2D eigenvalue weighted by Crippen LogP contribution is -2.29. The number of aromatic nitrogens is 1. The minimum absolute atomic E-state index is 0.0380. The van der Waals surface area contributed by atoms with Gasteiger partial charge in [-0.3, -0.25) is 14.6 Å². The van der Waals surface area contributed by atoms with Crippen molar-refractivity contribution in [3.05, 3.63) is 131 Å². The number of aliphatic hydroxyl groups is 1. The highest BCUT2D eigenvalue weighted by Crippen LogP contribution is 2.42. The second kappa shape index (κ2) is 10.7. The summed E-state index contributed by atoms with van der Waals surface area (Å²) in [7, 11) is 0. The number of amides is 1. The molecule has 0 unspecified atom stereocenters. The molecule has 0 spiro atoms. The third-order valence-corrected chi connectivity index (χ3v) is 7.21. The van der Waals surface area contributed by atoms with Gasteiger partial charge in [-0.25, -0.2) is 0 Å². The molecule has 200 valence electrons. The van der Waals surface area contributed by atoms with Gasteiger partial charge >= 0.3 is 0 Å². The van der Waals surface area contributed by atoms with Gasteiger partial charge in [0.2, 0.25) is 0 Å². The first-order valence-electron chi connectivity index (χ1n) is 13.2. The lowest BCUT2D eigenvalue weighted by atomic mass is 9.94. The first-order chi connectivity index (χ1) is 19.5. The van der Waals surface area contributed by atoms with Crippen LogP contribution >= 0.6 is 0 Å². The molecule has 7 nitrogen and oxygen atoms in total. The quantitative estimate of drug-likeness (QED) is 0.189. The van der Waals surface area contributed by atoms with Gasteiger partial charge in [0.1, 0.15) is 30.0 Å². The number of hydrogen-bond acceptors (Lipinski definition) is 6. The maximum Gasteiger partial charge on any atom is 0.295 e. The number of aliphatic hydroxyl groups excluding tert-OH is 1. The summed E-state index contributed by atoms with van der Waals surface area (Å²) < 4.78 is 11.8. The Bertz CT molecular complexity index is 1600. The largest absolute Gasteiger partial charge is 0.507 e. The van der Waals surface area contributed by atoms with Crippen molar-refractivity contribution >= 4 is 17.4 Å². The van der Waals surface area contributed by atoms with Crippen LogP contribution in [0.25, 0.3) is 5.76 Å². The normalized spacial score (nSPS) is 19.4. The van der Waals surface area contributed by atoms with Crippen molar-refractivity contribution in [3.8, 4) is 11.5 Å². The number of fused-ring (bicyclic) bond motifs is 1. The molecule has 6 rings (SSSR count). The van der Waals surface area contributed by atoms with Crippen molar-refractivity contribution in [2.24, 2.45) is 0 Å². The minimum Gasteiger partial charge on any atom is -0.507 e. The predicted octanol–water partition coefficient (Wildman–Crippen LogP) is 5.61. The Morgan fingerprint density at radius 1 is 1.00 bits per heavy atom. The monoisotopic (exact) mass is 532 g/mol. The molecule has 1 saturated heterocycles. The van der Waals surface area contributed by atoms with Gasteiger partial charge in [-0.1, -0.05) is 48.5 Å². The van der Waals surface area contributed by atoms with Crippen LogP contribution in [0.15, 0.2) is 103 Å². The van der Waals surface area contributed by atoms with E-state index in [1.54, 1.807) is 30.6 Å². The van der Waals surface area contributed by atoms with E-state index >= 15 is 0 Å². The minimum atomic E-state index is -0.816. The zero-order valence-corrected chi connectivity index (χ0v) is 22.0. The molecule has 1 amide bonds. The van der Waals surface area contributed by atoms with Gasteiger partial charge in [-0.05, 0) is 65.6 Å². The summed E-state index contributed by atoms with van der Waals surface area (Å²) in [5, 5.41) is 11.5. The third-order valence-electron chi connectivity index (χ3n) is 7.21. The highest BCUT2D eigenvalue weighted by Gasteiger charge is 2.46. The maximum absolute atomic E-state index is 13.5. The standard InChI is InChI=1S/C33H28N2O5/c1-21-15-26-16-25(12-13-28(26)40-21)31(36)29-30(35(33(38)32(29)37)19-23-9-6-14-34-18-23)24-10-5-11-27(17-24)39-20-22-7-3-2-4-8-22/h2-14,16-18,21,30,36H,15,19-20H2,1H3/t21-,30-/m0/s1. The Morgan fingerprint density at radius 2 is 1.82 bits per heavy atom. The number of ketones is 1. The Morgan fingerprint density at radius 3 is 2.62 bits per heavy atom. The number of likely N-dealkylation sites (tertiary alicyclic amines) is 1. The highest BCUT2D eigenvalue weighted by molar-refractivity contribution is 6.46. The second-order valence-corrected chi connectivity index (χ2v) is 10.1. The summed E-state index contributed by atoms with van der Waals surface area (Å²) in [6, 6.07) is 25.3. The molecule has 1 fully saturated rings. The summed E-state index contributed by atoms with van der Waals surface area (Å²) in [6.07, 6.45) is 4.06. The number of nitrogens with zero attached hydrogens (tertiary/aromatic N) is 2. The summed E-state index contributed by atoms with van der Waals surface area (Å²) in [6.45, 7) is 2.51. The molecule has 2 atom stereocenters. The fraction of sp³-hybridized carbons (Fsp3) is 0.182. The number of benzene rings is 3. The summed E-state index contributed by atoms with van der Waals surface area (Å²) in [5.74, 6) is -0.260. The van der Waals surface area contributed by atoms with Crippen molar-refractivity contribution in [3.63, 3.8) is 0 Å². The van der Waals surface area contributed by atoms with Crippen LogP contribution in [0.4, 0.5) is 0 Å². The Kier molecular flexibility index (Phi) is 6.78. The van der Waals surface area contributed by atoms with Gasteiger partial charge in [0.05, 0.1) is 11.6 Å². The van der Waals surface area contributed by atoms with Gasteiger partial charge < -0.3 is 19.5 Å². The SMILES string of the molecule is C[C@H]1Cc2cc(C(O)=C3C(=O)C(=O)N(Cc4cccnc4)[C@H]3c3cccc(OCc4ccccc4)c3)ccc2O1. The summed E-state index contributed by atoms with van der Waals surface area (Å²) >= 11 is 0. The smallest absolute Gasteiger partial charge is 0.295 e. The molecule has 40 heavy (non-hydrogen) atoms. The molecule has 3 heterocycles. The van der Waals surface area contributed by atoms with Crippen LogP contribution in [0.1, 0.15) is 40.8 Å². The first kappa shape index (κ1) is 25.4. The second-order valence-electron chi connectivity index (χ2n) is 10.1. The zero-order chi connectivity index (χ0) is 27.6. The van der Waals surface area contributed by atoms with E-state index in [9.17, 15) is 14.7 Å². The van der Waals surface area contributed by atoms with Crippen LogP contribution in [0, 0.1) is 0 Å². The van der Waals surface area contributed by atoms with Crippen LogP contribution < -0.4 is 9.47 Å². The Labute approximate surface area is 232 Å². The summed E-state index contributed by atoms with van der Waals surface area (Å²) in [4.78, 5) is 32.6. The first-order valence-corrected chi connectivity index (χ1v) is 13.2. The highest BCUT2D eigenvalue weighted by atomic mass is 16.5. The average Bonchev–Trinajstić information content (AvgIpc) is 3.48. The maximum atomic E-state index is 13.5. The van der Waals surface area contributed by atoms with Gasteiger partial charge in [0.15, 0.2) is 0 Å². The summed E-state index contributed by atoms with van der Waals surface area (Å²) in [5.41, 5.74) is 3.92. The van der Waals surface area contributed by atoms with Crippen LogP contribution in [-0.4, -0.2) is 32.8 Å². The predicted molar refractivity (Wildman–Crippen MR) is 150 cm³/mol. The van der Waals surface area contributed by atoms with Gasteiger partial charge in [0.25, 0.3) is 11.7 Å². The molecular weight excluding hydrogens is 504 g/mol. The van der Waals surface area contributed by atoms with E-state index in [0.29, 0.717) is 29.9 Å². The van der Waals surface area contributed by atoms with Crippen LogP contribution in [-0.2, 0) is 29.2 Å². The van der Waals surface area contributed by atoms with E-state index in [0.717, 1.165) is 22.4 Å². The van der Waals surface area contributed by atoms with Gasteiger partial charge in [0, 0.05) is 30.9 Å². The van der Waals surface area contributed by atoms with Crippen LogP contribution in [0.3, 0.4) is 0 Å². The molecule has 1 aromatic heterocycles.